The molecule has 5 rings (SSSR count). The minimum Gasteiger partial charge on any atom is -0.383 e. The highest BCUT2D eigenvalue weighted by Gasteiger charge is 2.37. The number of carbonyl (C=O) groups is 1. The number of amides is 1. The summed E-state index contributed by atoms with van der Waals surface area (Å²) in [6, 6.07) is 7.41. The van der Waals surface area contributed by atoms with Crippen LogP contribution in [0.3, 0.4) is 0 Å². The molecule has 0 spiro atoms. The third kappa shape index (κ3) is 2.57. The van der Waals surface area contributed by atoms with Crippen LogP contribution in [0.5, 0.6) is 0 Å². The molecule has 8 nitrogen and oxygen atoms in total. The molecule has 1 aliphatic rings. The van der Waals surface area contributed by atoms with Gasteiger partial charge in [-0.3, -0.25) is 9.78 Å². The summed E-state index contributed by atoms with van der Waals surface area (Å²) in [4.78, 5) is 33.8. The molecule has 1 amide bonds. The molecule has 0 radical (unpaired) electrons. The van der Waals surface area contributed by atoms with Gasteiger partial charge in [0.2, 0.25) is 0 Å². The number of aromatic amines is 2. The quantitative estimate of drug-likeness (QED) is 0.505. The van der Waals surface area contributed by atoms with E-state index < -0.39 is 5.60 Å². The Hall–Kier alpha value is -3.26. The fraction of sp³-hybridized carbons (Fsp3) is 0.263. The van der Waals surface area contributed by atoms with Gasteiger partial charge < -0.3 is 20.0 Å². The van der Waals surface area contributed by atoms with E-state index in [1.54, 1.807) is 23.5 Å². The van der Waals surface area contributed by atoms with Gasteiger partial charge >= 0.3 is 0 Å². The van der Waals surface area contributed by atoms with Crippen LogP contribution >= 0.6 is 0 Å². The number of nitrogens with one attached hydrogen (secondary N) is 2. The molecular formula is C19H18N6O2. The Morgan fingerprint density at radius 3 is 2.81 bits per heavy atom. The second-order valence-corrected chi connectivity index (χ2v) is 6.88. The third-order valence-electron chi connectivity index (χ3n) is 5.26. The van der Waals surface area contributed by atoms with Crippen LogP contribution in [0.4, 0.5) is 0 Å². The molecule has 1 fully saturated rings. The maximum Gasteiger partial charge on any atom is 0.289 e. The smallest absolute Gasteiger partial charge is 0.289 e. The lowest BCUT2D eigenvalue weighted by atomic mass is 9.87. The SMILES string of the molecule is O=C(c1nc2c(cnc3[nH]ccc32)[nH]1)N1CCC(O)(c2ccccn2)CC1. The number of aromatic nitrogens is 5. The molecule has 3 N–H and O–H groups in total. The highest BCUT2D eigenvalue weighted by atomic mass is 16.3. The number of nitrogens with zero attached hydrogens (tertiary/aromatic N) is 4. The number of rotatable bonds is 2. The van der Waals surface area contributed by atoms with Crippen molar-refractivity contribution >= 4 is 28.0 Å². The van der Waals surface area contributed by atoms with E-state index in [0.29, 0.717) is 37.4 Å². The van der Waals surface area contributed by atoms with Gasteiger partial charge in [-0.1, -0.05) is 6.07 Å². The first-order valence-electron chi connectivity index (χ1n) is 8.89. The topological polar surface area (TPSA) is 111 Å². The lowest BCUT2D eigenvalue weighted by Crippen LogP contribution is -2.45. The highest BCUT2D eigenvalue weighted by Crippen LogP contribution is 2.32. The molecule has 8 heteroatoms. The summed E-state index contributed by atoms with van der Waals surface area (Å²) in [5, 5.41) is 11.8. The second-order valence-electron chi connectivity index (χ2n) is 6.88. The first-order valence-corrected chi connectivity index (χ1v) is 8.89. The molecule has 5 heterocycles. The number of pyridine rings is 2. The Kier molecular flexibility index (Phi) is 3.48. The largest absolute Gasteiger partial charge is 0.383 e. The van der Waals surface area contributed by atoms with E-state index in [1.165, 1.54) is 0 Å². The van der Waals surface area contributed by atoms with E-state index in [9.17, 15) is 9.90 Å². The molecule has 4 aromatic rings. The summed E-state index contributed by atoms with van der Waals surface area (Å²) in [6.07, 6.45) is 6.04. The predicted molar refractivity (Wildman–Crippen MR) is 99.0 cm³/mol. The average Bonchev–Trinajstić information content (AvgIpc) is 3.35. The van der Waals surface area contributed by atoms with Gasteiger partial charge in [-0.15, -0.1) is 0 Å². The number of fused-ring (bicyclic) bond motifs is 3. The first kappa shape index (κ1) is 16.0. The van der Waals surface area contributed by atoms with E-state index >= 15 is 0 Å². The van der Waals surface area contributed by atoms with Gasteiger partial charge in [-0.25, -0.2) is 9.97 Å². The fourth-order valence-electron chi connectivity index (χ4n) is 3.70. The van der Waals surface area contributed by atoms with Gasteiger partial charge in [0, 0.05) is 30.9 Å². The van der Waals surface area contributed by atoms with Crippen LogP contribution in [-0.2, 0) is 5.60 Å². The molecule has 4 aromatic heterocycles. The van der Waals surface area contributed by atoms with Gasteiger partial charge in [0.1, 0.15) is 16.8 Å². The zero-order valence-electron chi connectivity index (χ0n) is 14.5. The minimum atomic E-state index is -0.993. The molecule has 27 heavy (non-hydrogen) atoms. The number of piperidine rings is 1. The van der Waals surface area contributed by atoms with Crippen molar-refractivity contribution in [2.45, 2.75) is 18.4 Å². The first-order chi connectivity index (χ1) is 13.1. The minimum absolute atomic E-state index is 0.169. The van der Waals surface area contributed by atoms with Crippen LogP contribution in [0.25, 0.3) is 22.1 Å². The lowest BCUT2D eigenvalue weighted by Gasteiger charge is -2.37. The Balaban J connectivity index is 1.38. The highest BCUT2D eigenvalue weighted by molar-refractivity contribution is 6.03. The molecule has 0 atom stereocenters. The maximum atomic E-state index is 12.9. The Morgan fingerprint density at radius 2 is 2.04 bits per heavy atom. The molecule has 0 saturated carbocycles. The van der Waals surface area contributed by atoms with Crippen LogP contribution < -0.4 is 0 Å². The number of aliphatic hydroxyl groups is 1. The van der Waals surface area contributed by atoms with Crippen molar-refractivity contribution in [1.29, 1.82) is 0 Å². The van der Waals surface area contributed by atoms with Gasteiger partial charge in [0.15, 0.2) is 5.82 Å². The van der Waals surface area contributed by atoms with E-state index in [4.69, 9.17) is 0 Å². The van der Waals surface area contributed by atoms with Crippen molar-refractivity contribution in [2.24, 2.45) is 0 Å². The second kappa shape index (κ2) is 5.88. The average molecular weight is 362 g/mol. The van der Waals surface area contributed by atoms with Crippen molar-refractivity contribution in [3.63, 3.8) is 0 Å². The summed E-state index contributed by atoms with van der Waals surface area (Å²) in [5.41, 5.74) is 1.86. The van der Waals surface area contributed by atoms with Crippen molar-refractivity contribution in [3.05, 3.63) is 54.4 Å². The van der Waals surface area contributed by atoms with Crippen molar-refractivity contribution in [2.75, 3.05) is 13.1 Å². The van der Waals surface area contributed by atoms with Gasteiger partial charge in [-0.2, -0.15) is 0 Å². The molecule has 1 aliphatic heterocycles. The predicted octanol–water partition coefficient (Wildman–Crippen LogP) is 1.96. The van der Waals surface area contributed by atoms with Crippen LogP contribution in [-0.4, -0.2) is 53.9 Å². The summed E-state index contributed by atoms with van der Waals surface area (Å²) in [5.74, 6) is 0.127. The lowest BCUT2D eigenvalue weighted by molar-refractivity contribution is -0.0246. The molecule has 136 valence electrons. The molecule has 0 aliphatic carbocycles. The summed E-state index contributed by atoms with van der Waals surface area (Å²) in [6.45, 7) is 0.890. The number of hydrogen-bond acceptors (Lipinski definition) is 5. The molecule has 0 aromatic carbocycles. The van der Waals surface area contributed by atoms with Crippen LogP contribution in [0.2, 0.25) is 0 Å². The monoisotopic (exact) mass is 362 g/mol. The van der Waals surface area contributed by atoms with Crippen LogP contribution in [0.1, 0.15) is 29.2 Å². The van der Waals surface area contributed by atoms with E-state index in [-0.39, 0.29) is 5.91 Å². The zero-order chi connectivity index (χ0) is 18.4. The maximum absolute atomic E-state index is 12.9. The number of carbonyl (C=O) groups excluding carboxylic acids is 1. The summed E-state index contributed by atoms with van der Waals surface area (Å²) in [7, 11) is 0. The van der Waals surface area contributed by atoms with E-state index in [2.05, 4.69) is 24.9 Å². The molecule has 0 bridgehead atoms. The number of H-pyrrole nitrogens is 2. The Morgan fingerprint density at radius 1 is 1.19 bits per heavy atom. The zero-order valence-corrected chi connectivity index (χ0v) is 14.5. The van der Waals surface area contributed by atoms with Gasteiger partial charge in [-0.05, 0) is 31.0 Å². The van der Waals surface area contributed by atoms with E-state index in [0.717, 1.165) is 22.1 Å². The molecule has 0 unspecified atom stereocenters. The van der Waals surface area contributed by atoms with Crippen LogP contribution in [0.15, 0.2) is 42.9 Å². The molecular weight excluding hydrogens is 344 g/mol. The fourth-order valence-corrected chi connectivity index (χ4v) is 3.70. The van der Waals surface area contributed by atoms with Crippen molar-refractivity contribution in [1.82, 2.24) is 29.8 Å². The summed E-state index contributed by atoms with van der Waals surface area (Å²) >= 11 is 0. The van der Waals surface area contributed by atoms with Gasteiger partial charge in [0.25, 0.3) is 5.91 Å². The van der Waals surface area contributed by atoms with Crippen molar-refractivity contribution in [3.8, 4) is 0 Å². The van der Waals surface area contributed by atoms with Gasteiger partial charge in [0.05, 0.1) is 17.4 Å². The number of hydrogen-bond donors (Lipinski definition) is 3. The number of likely N-dealkylation sites (tertiary alicyclic amines) is 1. The van der Waals surface area contributed by atoms with E-state index in [1.807, 2.05) is 24.3 Å². The standard InChI is InChI=1S/C19H18N6O2/c26-18(17-23-13-11-22-16-12(4-8-21-16)15(13)24-17)25-9-5-19(27,6-10-25)14-3-1-2-7-20-14/h1-4,7-8,11,27H,5-6,9-10H2,(H,21,22)(H,23,24). The number of imidazole rings is 1. The third-order valence-corrected chi connectivity index (χ3v) is 5.26. The molecule has 1 saturated heterocycles. The van der Waals surface area contributed by atoms with Crippen LogP contribution in [0, 0.1) is 0 Å². The Bertz CT molecular complexity index is 1120. The van der Waals surface area contributed by atoms with Crippen molar-refractivity contribution < 1.29 is 9.90 Å². The Labute approximate surface area is 154 Å². The summed E-state index contributed by atoms with van der Waals surface area (Å²) < 4.78 is 0. The normalized spacial score (nSPS) is 16.9.